The van der Waals surface area contributed by atoms with Gasteiger partial charge in [0.05, 0.1) is 16.6 Å². The quantitative estimate of drug-likeness (QED) is 0.566. The number of carbonyl (C=O) groups excluding carboxylic acids is 1. The Hall–Kier alpha value is -3.15. The van der Waals surface area contributed by atoms with Crippen molar-refractivity contribution in [3.63, 3.8) is 0 Å². The van der Waals surface area contributed by atoms with E-state index in [1.807, 2.05) is 30.9 Å². The SMILES string of the molecule is Cc1cc(C(=O)N2CCC(c3c[nH]c4ccccc34)CC2)c2c(C)noc2n1. The lowest BCUT2D eigenvalue weighted by Crippen LogP contribution is -2.38. The number of pyridine rings is 1. The van der Waals surface area contributed by atoms with Gasteiger partial charge in [0.1, 0.15) is 0 Å². The highest BCUT2D eigenvalue weighted by Crippen LogP contribution is 2.34. The van der Waals surface area contributed by atoms with Crippen LogP contribution in [0.1, 0.15) is 46.1 Å². The molecule has 0 radical (unpaired) electrons. The Labute approximate surface area is 162 Å². The van der Waals surface area contributed by atoms with Crippen LogP contribution in [0.25, 0.3) is 22.0 Å². The van der Waals surface area contributed by atoms with Crippen LogP contribution < -0.4 is 0 Å². The van der Waals surface area contributed by atoms with Crippen molar-refractivity contribution < 1.29 is 9.32 Å². The van der Waals surface area contributed by atoms with Crippen LogP contribution in [-0.2, 0) is 0 Å². The van der Waals surface area contributed by atoms with Gasteiger partial charge in [-0.2, -0.15) is 0 Å². The molecule has 1 fully saturated rings. The lowest BCUT2D eigenvalue weighted by molar-refractivity contribution is 0.0715. The van der Waals surface area contributed by atoms with Crippen molar-refractivity contribution in [2.24, 2.45) is 0 Å². The molecule has 1 saturated heterocycles. The number of nitrogens with one attached hydrogen (secondary N) is 1. The standard InChI is InChI=1S/C22H22N4O2/c1-13-11-17(20-14(2)25-28-21(20)24-13)22(27)26-9-7-15(8-10-26)18-12-23-19-6-4-3-5-16(18)19/h3-6,11-12,15,23H,7-10H2,1-2H3. The summed E-state index contributed by atoms with van der Waals surface area (Å²) < 4.78 is 5.28. The van der Waals surface area contributed by atoms with Crippen molar-refractivity contribution >= 4 is 27.9 Å². The van der Waals surface area contributed by atoms with Crippen LogP contribution in [0.2, 0.25) is 0 Å². The predicted molar refractivity (Wildman–Crippen MR) is 107 cm³/mol. The molecule has 3 aromatic heterocycles. The number of aromatic nitrogens is 3. The number of amides is 1. The molecular weight excluding hydrogens is 352 g/mol. The van der Waals surface area contributed by atoms with Gasteiger partial charge in [-0.05, 0) is 50.3 Å². The van der Waals surface area contributed by atoms with Gasteiger partial charge in [-0.25, -0.2) is 4.98 Å². The first-order valence-corrected chi connectivity index (χ1v) is 9.70. The maximum absolute atomic E-state index is 13.2. The van der Waals surface area contributed by atoms with E-state index in [1.165, 1.54) is 16.5 Å². The van der Waals surface area contributed by atoms with E-state index in [-0.39, 0.29) is 5.91 Å². The van der Waals surface area contributed by atoms with Crippen LogP contribution in [-0.4, -0.2) is 39.0 Å². The Morgan fingerprint density at radius 3 is 2.82 bits per heavy atom. The molecule has 28 heavy (non-hydrogen) atoms. The van der Waals surface area contributed by atoms with Gasteiger partial charge in [-0.1, -0.05) is 23.4 Å². The molecule has 1 aliphatic rings. The van der Waals surface area contributed by atoms with Gasteiger partial charge in [0.2, 0.25) is 0 Å². The number of hydrogen-bond donors (Lipinski definition) is 1. The van der Waals surface area contributed by atoms with Crippen LogP contribution in [0.3, 0.4) is 0 Å². The molecule has 6 heteroatoms. The topological polar surface area (TPSA) is 75.0 Å². The fourth-order valence-corrected chi connectivity index (χ4v) is 4.38. The monoisotopic (exact) mass is 374 g/mol. The van der Waals surface area contributed by atoms with E-state index in [4.69, 9.17) is 4.52 Å². The van der Waals surface area contributed by atoms with Gasteiger partial charge in [0.15, 0.2) is 0 Å². The van der Waals surface area contributed by atoms with Crippen molar-refractivity contribution in [3.05, 3.63) is 59.0 Å². The highest BCUT2D eigenvalue weighted by atomic mass is 16.5. The van der Waals surface area contributed by atoms with E-state index < -0.39 is 0 Å². The summed E-state index contributed by atoms with van der Waals surface area (Å²) in [7, 11) is 0. The molecule has 1 aromatic carbocycles. The molecule has 4 heterocycles. The second-order valence-electron chi connectivity index (χ2n) is 7.62. The van der Waals surface area contributed by atoms with E-state index >= 15 is 0 Å². The van der Waals surface area contributed by atoms with Crippen LogP contribution in [0, 0.1) is 13.8 Å². The minimum atomic E-state index is 0.0409. The molecule has 0 bridgehead atoms. The number of hydrogen-bond acceptors (Lipinski definition) is 4. The highest BCUT2D eigenvalue weighted by molar-refractivity contribution is 6.06. The summed E-state index contributed by atoms with van der Waals surface area (Å²) in [4.78, 5) is 22.9. The Kier molecular flexibility index (Phi) is 3.93. The third-order valence-corrected chi connectivity index (χ3v) is 5.82. The zero-order valence-corrected chi connectivity index (χ0v) is 16.0. The van der Waals surface area contributed by atoms with Gasteiger partial charge in [0.25, 0.3) is 11.6 Å². The molecule has 5 rings (SSSR count). The number of carbonyl (C=O) groups is 1. The van der Waals surface area contributed by atoms with Crippen molar-refractivity contribution in [1.82, 2.24) is 20.0 Å². The molecule has 1 aliphatic heterocycles. The van der Waals surface area contributed by atoms with Crippen molar-refractivity contribution in [3.8, 4) is 0 Å². The number of nitrogens with zero attached hydrogens (tertiary/aromatic N) is 3. The zero-order chi connectivity index (χ0) is 19.3. The maximum atomic E-state index is 13.2. The molecule has 0 atom stereocenters. The molecule has 0 spiro atoms. The van der Waals surface area contributed by atoms with Crippen molar-refractivity contribution in [2.45, 2.75) is 32.6 Å². The van der Waals surface area contributed by atoms with Gasteiger partial charge in [0, 0.05) is 35.9 Å². The molecule has 4 aromatic rings. The van der Waals surface area contributed by atoms with Gasteiger partial charge >= 0.3 is 0 Å². The number of aryl methyl sites for hydroxylation is 2. The average molecular weight is 374 g/mol. The maximum Gasteiger partial charge on any atom is 0.258 e. The lowest BCUT2D eigenvalue weighted by atomic mass is 9.89. The second kappa shape index (κ2) is 6.48. The third kappa shape index (κ3) is 2.68. The number of H-pyrrole nitrogens is 1. The van der Waals surface area contributed by atoms with Gasteiger partial charge in [-0.15, -0.1) is 0 Å². The number of para-hydroxylation sites is 1. The summed E-state index contributed by atoms with van der Waals surface area (Å²) in [5, 5.41) is 6.01. The minimum absolute atomic E-state index is 0.0409. The fraction of sp³-hybridized carbons (Fsp3) is 0.318. The van der Waals surface area contributed by atoms with Gasteiger partial charge < -0.3 is 14.4 Å². The van der Waals surface area contributed by atoms with Crippen molar-refractivity contribution in [2.75, 3.05) is 13.1 Å². The second-order valence-corrected chi connectivity index (χ2v) is 7.62. The molecule has 6 nitrogen and oxygen atoms in total. The average Bonchev–Trinajstić information content (AvgIpc) is 3.31. The lowest BCUT2D eigenvalue weighted by Gasteiger charge is -2.32. The number of fused-ring (bicyclic) bond motifs is 2. The molecule has 1 amide bonds. The van der Waals surface area contributed by atoms with E-state index in [0.29, 0.717) is 22.9 Å². The van der Waals surface area contributed by atoms with Crippen LogP contribution >= 0.6 is 0 Å². The smallest absolute Gasteiger partial charge is 0.258 e. The number of benzene rings is 1. The van der Waals surface area contributed by atoms with Crippen molar-refractivity contribution in [1.29, 1.82) is 0 Å². The first-order valence-electron chi connectivity index (χ1n) is 9.70. The van der Waals surface area contributed by atoms with Gasteiger partial charge in [-0.3, -0.25) is 4.79 Å². The largest absolute Gasteiger partial charge is 0.361 e. The van der Waals surface area contributed by atoms with E-state index in [1.54, 1.807) is 0 Å². The Morgan fingerprint density at radius 1 is 1.21 bits per heavy atom. The fourth-order valence-electron chi connectivity index (χ4n) is 4.38. The third-order valence-electron chi connectivity index (χ3n) is 5.82. The van der Waals surface area contributed by atoms with E-state index in [0.717, 1.165) is 37.0 Å². The molecule has 0 unspecified atom stereocenters. The predicted octanol–water partition coefficient (Wildman–Crippen LogP) is 4.34. The first kappa shape index (κ1) is 17.0. The van der Waals surface area contributed by atoms with Crippen LogP contribution in [0.5, 0.6) is 0 Å². The summed E-state index contributed by atoms with van der Waals surface area (Å²) in [6.07, 6.45) is 4.05. The molecule has 0 saturated carbocycles. The number of likely N-dealkylation sites (tertiary alicyclic amines) is 1. The summed E-state index contributed by atoms with van der Waals surface area (Å²) >= 11 is 0. The Morgan fingerprint density at radius 2 is 2.00 bits per heavy atom. The van der Waals surface area contributed by atoms with E-state index in [9.17, 15) is 4.79 Å². The van der Waals surface area contributed by atoms with E-state index in [2.05, 4.69) is 39.5 Å². The molecule has 1 N–H and O–H groups in total. The molecular formula is C22H22N4O2. The summed E-state index contributed by atoms with van der Waals surface area (Å²) in [6.45, 7) is 5.21. The van der Waals surface area contributed by atoms with Crippen LogP contribution in [0.4, 0.5) is 0 Å². The number of aromatic amines is 1. The molecule has 142 valence electrons. The molecule has 0 aliphatic carbocycles. The highest BCUT2D eigenvalue weighted by Gasteiger charge is 2.28. The van der Waals surface area contributed by atoms with Crippen LogP contribution in [0.15, 0.2) is 41.1 Å². The zero-order valence-electron chi connectivity index (χ0n) is 16.0. The summed E-state index contributed by atoms with van der Waals surface area (Å²) in [5.41, 5.74) is 5.09. The number of piperidine rings is 1. The Balaban J connectivity index is 1.39. The normalized spacial score (nSPS) is 15.6. The first-order chi connectivity index (χ1) is 13.6. The number of rotatable bonds is 2. The summed E-state index contributed by atoms with van der Waals surface area (Å²) in [6, 6.07) is 10.3. The Bertz CT molecular complexity index is 1180. The summed E-state index contributed by atoms with van der Waals surface area (Å²) in [5.74, 6) is 0.510. The minimum Gasteiger partial charge on any atom is -0.361 e.